The minimum atomic E-state index is -3.05. The van der Waals surface area contributed by atoms with E-state index in [4.69, 9.17) is 5.73 Å². The molecule has 1 aromatic carbocycles. The molecule has 0 aliphatic carbocycles. The summed E-state index contributed by atoms with van der Waals surface area (Å²) in [4.78, 5) is 0. The highest BCUT2D eigenvalue weighted by Crippen LogP contribution is 2.25. The van der Waals surface area contributed by atoms with Gasteiger partial charge in [0.2, 0.25) is 0 Å². The average Bonchev–Trinajstić information content (AvgIpc) is 2.13. The molecular weight excluding hydrogens is 260 g/mol. The summed E-state index contributed by atoms with van der Waals surface area (Å²) < 4.78 is 48.2. The van der Waals surface area contributed by atoms with Gasteiger partial charge < -0.3 is 5.73 Å². The van der Waals surface area contributed by atoms with Crippen LogP contribution in [0.1, 0.15) is 25.3 Å². The number of hydrogen-bond acceptors (Lipinski definition) is 3. The van der Waals surface area contributed by atoms with E-state index in [0.717, 1.165) is 12.3 Å². The maximum atomic E-state index is 13.1. The molecule has 0 aromatic heterocycles. The lowest BCUT2D eigenvalue weighted by Crippen LogP contribution is -2.33. The third-order valence-electron chi connectivity index (χ3n) is 2.73. The summed E-state index contributed by atoms with van der Waals surface area (Å²) in [6.45, 7) is 1.63. The van der Waals surface area contributed by atoms with E-state index in [1.807, 2.05) is 0 Å². The molecule has 0 fully saturated rings. The highest BCUT2D eigenvalue weighted by molar-refractivity contribution is 7.90. The summed E-state index contributed by atoms with van der Waals surface area (Å²) in [5.41, 5.74) is 5.35. The molecule has 0 spiro atoms. The molecule has 1 aromatic rings. The monoisotopic (exact) mass is 277 g/mol. The van der Waals surface area contributed by atoms with Gasteiger partial charge in [0.15, 0.2) is 0 Å². The Labute approximate surface area is 106 Å². The van der Waals surface area contributed by atoms with Gasteiger partial charge in [0, 0.05) is 23.6 Å². The van der Waals surface area contributed by atoms with E-state index in [1.54, 1.807) is 6.92 Å². The predicted molar refractivity (Wildman–Crippen MR) is 66.8 cm³/mol. The van der Waals surface area contributed by atoms with Crippen LogP contribution >= 0.6 is 0 Å². The Morgan fingerprint density at radius 2 is 1.72 bits per heavy atom. The molecule has 6 heteroatoms. The van der Waals surface area contributed by atoms with Crippen molar-refractivity contribution in [3.8, 4) is 0 Å². The van der Waals surface area contributed by atoms with Crippen LogP contribution in [-0.2, 0) is 15.4 Å². The fraction of sp³-hybridized carbons (Fsp3) is 0.500. The van der Waals surface area contributed by atoms with Gasteiger partial charge >= 0.3 is 0 Å². The molecule has 1 rings (SSSR count). The molecular formula is C12H17F2NO2S. The SMILES string of the molecule is CC(N)(CCCS(C)(=O)=O)c1cc(F)cc(F)c1. The quantitative estimate of drug-likeness (QED) is 0.895. The fourth-order valence-electron chi connectivity index (χ4n) is 1.73. The molecule has 102 valence electrons. The number of halogens is 2. The van der Waals surface area contributed by atoms with Crippen LogP contribution in [0, 0.1) is 11.6 Å². The summed E-state index contributed by atoms with van der Waals surface area (Å²) in [6, 6.07) is 3.11. The van der Waals surface area contributed by atoms with Crippen LogP contribution in [0.25, 0.3) is 0 Å². The molecule has 0 saturated carbocycles. The van der Waals surface area contributed by atoms with Crippen molar-refractivity contribution in [2.75, 3.05) is 12.0 Å². The molecule has 1 atom stereocenters. The van der Waals surface area contributed by atoms with Gasteiger partial charge in [0.25, 0.3) is 0 Å². The molecule has 0 radical (unpaired) electrons. The lowest BCUT2D eigenvalue weighted by molar-refractivity contribution is 0.438. The Hall–Kier alpha value is -1.01. The highest BCUT2D eigenvalue weighted by Gasteiger charge is 2.22. The van der Waals surface area contributed by atoms with Crippen LogP contribution in [0.2, 0.25) is 0 Å². The zero-order valence-electron chi connectivity index (χ0n) is 10.4. The number of benzene rings is 1. The fourth-order valence-corrected chi connectivity index (χ4v) is 2.40. The lowest BCUT2D eigenvalue weighted by Gasteiger charge is -2.25. The topological polar surface area (TPSA) is 60.2 Å². The molecule has 0 aliphatic rings. The van der Waals surface area contributed by atoms with E-state index in [0.29, 0.717) is 18.4 Å². The van der Waals surface area contributed by atoms with Gasteiger partial charge in [0.1, 0.15) is 21.5 Å². The molecule has 0 aliphatic heterocycles. The van der Waals surface area contributed by atoms with Gasteiger partial charge in [-0.3, -0.25) is 0 Å². The van der Waals surface area contributed by atoms with Gasteiger partial charge in [-0.25, -0.2) is 17.2 Å². The zero-order valence-corrected chi connectivity index (χ0v) is 11.2. The maximum Gasteiger partial charge on any atom is 0.147 e. The Bertz CT molecular complexity index is 507. The summed E-state index contributed by atoms with van der Waals surface area (Å²) in [6.07, 6.45) is 1.83. The second-order valence-corrected chi connectivity index (χ2v) is 7.07. The molecule has 0 bridgehead atoms. The standard InChI is InChI=1S/C12H17F2NO2S/c1-12(15,4-3-5-18(2,16)17)9-6-10(13)8-11(14)7-9/h6-8H,3-5,15H2,1-2H3. The first-order chi connectivity index (χ1) is 8.10. The number of sulfone groups is 1. The van der Waals surface area contributed by atoms with Crippen LogP contribution in [0.15, 0.2) is 18.2 Å². The summed E-state index contributed by atoms with van der Waals surface area (Å²) in [5.74, 6) is -1.37. The highest BCUT2D eigenvalue weighted by atomic mass is 32.2. The molecule has 0 heterocycles. The normalized spacial score (nSPS) is 15.4. The maximum absolute atomic E-state index is 13.1. The van der Waals surface area contributed by atoms with Gasteiger partial charge in [-0.05, 0) is 37.5 Å². The summed E-state index contributed by atoms with van der Waals surface area (Å²) in [5, 5.41) is 0. The van der Waals surface area contributed by atoms with E-state index in [2.05, 4.69) is 0 Å². The molecule has 2 N–H and O–H groups in total. The van der Waals surface area contributed by atoms with Crippen molar-refractivity contribution < 1.29 is 17.2 Å². The molecule has 1 unspecified atom stereocenters. The van der Waals surface area contributed by atoms with Crippen LogP contribution in [-0.4, -0.2) is 20.4 Å². The Morgan fingerprint density at radius 3 is 2.17 bits per heavy atom. The smallest absolute Gasteiger partial charge is 0.147 e. The van der Waals surface area contributed by atoms with Crippen molar-refractivity contribution in [1.82, 2.24) is 0 Å². The van der Waals surface area contributed by atoms with Crippen molar-refractivity contribution in [1.29, 1.82) is 0 Å². The molecule has 0 amide bonds. The van der Waals surface area contributed by atoms with Crippen LogP contribution in [0.5, 0.6) is 0 Å². The molecule has 18 heavy (non-hydrogen) atoms. The van der Waals surface area contributed by atoms with E-state index in [-0.39, 0.29) is 5.75 Å². The molecule has 3 nitrogen and oxygen atoms in total. The van der Waals surface area contributed by atoms with E-state index in [9.17, 15) is 17.2 Å². The summed E-state index contributed by atoms with van der Waals surface area (Å²) in [7, 11) is -3.05. The Balaban J connectivity index is 2.79. The lowest BCUT2D eigenvalue weighted by atomic mass is 9.88. The van der Waals surface area contributed by atoms with Crippen LogP contribution < -0.4 is 5.73 Å². The zero-order chi connectivity index (χ0) is 14.0. The Kier molecular flexibility index (Phi) is 4.45. The number of rotatable bonds is 5. The second-order valence-electron chi connectivity index (χ2n) is 4.81. The van der Waals surface area contributed by atoms with Crippen LogP contribution in [0.4, 0.5) is 8.78 Å². The average molecular weight is 277 g/mol. The van der Waals surface area contributed by atoms with Gasteiger partial charge in [-0.1, -0.05) is 0 Å². The molecule has 0 saturated heterocycles. The minimum Gasteiger partial charge on any atom is -0.322 e. The number of nitrogens with two attached hydrogens (primary N) is 1. The third-order valence-corrected chi connectivity index (χ3v) is 3.76. The van der Waals surface area contributed by atoms with Crippen molar-refractivity contribution in [2.24, 2.45) is 5.73 Å². The summed E-state index contributed by atoms with van der Waals surface area (Å²) >= 11 is 0. The van der Waals surface area contributed by atoms with E-state index in [1.165, 1.54) is 12.1 Å². The van der Waals surface area contributed by atoms with Gasteiger partial charge in [0.05, 0.1) is 0 Å². The Morgan fingerprint density at radius 1 is 1.22 bits per heavy atom. The largest absolute Gasteiger partial charge is 0.322 e. The van der Waals surface area contributed by atoms with Gasteiger partial charge in [-0.2, -0.15) is 0 Å². The van der Waals surface area contributed by atoms with Crippen molar-refractivity contribution >= 4 is 9.84 Å². The van der Waals surface area contributed by atoms with Crippen LogP contribution in [0.3, 0.4) is 0 Å². The first-order valence-electron chi connectivity index (χ1n) is 5.53. The minimum absolute atomic E-state index is 0.0115. The number of hydrogen-bond donors (Lipinski definition) is 1. The van der Waals surface area contributed by atoms with Gasteiger partial charge in [-0.15, -0.1) is 0 Å². The van der Waals surface area contributed by atoms with E-state index >= 15 is 0 Å². The van der Waals surface area contributed by atoms with Crippen molar-refractivity contribution in [3.63, 3.8) is 0 Å². The van der Waals surface area contributed by atoms with E-state index < -0.39 is 27.0 Å². The predicted octanol–water partition coefficient (Wildman–Crippen LogP) is 1.96. The third kappa shape index (κ3) is 4.70. The first-order valence-corrected chi connectivity index (χ1v) is 7.59. The first kappa shape index (κ1) is 15.0. The second kappa shape index (κ2) is 5.32. The van der Waals surface area contributed by atoms with Crippen molar-refractivity contribution in [3.05, 3.63) is 35.4 Å². The van der Waals surface area contributed by atoms with Crippen molar-refractivity contribution in [2.45, 2.75) is 25.3 Å².